The summed E-state index contributed by atoms with van der Waals surface area (Å²) in [5.74, 6) is 1.19. The van der Waals surface area contributed by atoms with Crippen molar-refractivity contribution in [2.75, 3.05) is 12.8 Å². The molecule has 0 fully saturated rings. The van der Waals surface area contributed by atoms with Crippen LogP contribution in [0.3, 0.4) is 0 Å². The first-order chi connectivity index (χ1) is 9.49. The van der Waals surface area contributed by atoms with Crippen molar-refractivity contribution >= 4 is 11.5 Å². The van der Waals surface area contributed by atoms with Crippen LogP contribution < -0.4 is 15.2 Å². The molecule has 0 aliphatic heterocycles. The largest absolute Gasteiger partial charge is 0.496 e. The number of benzene rings is 1. The van der Waals surface area contributed by atoms with E-state index in [1.807, 2.05) is 0 Å². The molecule has 0 atom stereocenters. The molecule has 8 heteroatoms. The Balaban J connectivity index is 2.39. The average molecular weight is 276 g/mol. The monoisotopic (exact) mass is 276 g/mol. The van der Waals surface area contributed by atoms with Gasteiger partial charge in [0, 0.05) is 6.07 Å². The summed E-state index contributed by atoms with van der Waals surface area (Å²) in [5, 5.41) is 11.0. The molecule has 2 aromatic rings. The van der Waals surface area contributed by atoms with E-state index in [4.69, 9.17) is 15.2 Å². The van der Waals surface area contributed by atoms with E-state index in [1.165, 1.54) is 25.3 Å². The van der Waals surface area contributed by atoms with Gasteiger partial charge in [-0.2, -0.15) is 4.98 Å². The fourth-order valence-electron chi connectivity index (χ4n) is 1.58. The first kappa shape index (κ1) is 13.5. The van der Waals surface area contributed by atoms with Gasteiger partial charge in [0.25, 0.3) is 0 Å². The predicted octanol–water partition coefficient (Wildman–Crippen LogP) is 2.08. The molecular weight excluding hydrogens is 264 g/mol. The van der Waals surface area contributed by atoms with Crippen LogP contribution in [0.25, 0.3) is 0 Å². The van der Waals surface area contributed by atoms with Gasteiger partial charge in [0.2, 0.25) is 11.6 Å². The van der Waals surface area contributed by atoms with Gasteiger partial charge in [-0.05, 0) is 19.1 Å². The van der Waals surface area contributed by atoms with Crippen LogP contribution in [0.4, 0.5) is 11.5 Å². The van der Waals surface area contributed by atoms with Gasteiger partial charge in [-0.25, -0.2) is 4.98 Å². The van der Waals surface area contributed by atoms with Gasteiger partial charge < -0.3 is 15.2 Å². The molecule has 0 saturated carbocycles. The van der Waals surface area contributed by atoms with Crippen molar-refractivity contribution in [3.05, 3.63) is 40.2 Å². The number of nitrogen functional groups attached to an aromatic ring is 1. The van der Waals surface area contributed by atoms with E-state index < -0.39 is 4.92 Å². The molecule has 2 N–H and O–H groups in total. The second kappa shape index (κ2) is 5.39. The smallest absolute Gasteiger partial charge is 0.315 e. The van der Waals surface area contributed by atoms with Gasteiger partial charge in [0.15, 0.2) is 0 Å². The number of hydrogen-bond acceptors (Lipinski definition) is 7. The standard InChI is InChI=1S/C12H12N4O4/c1-7-14-11(13)6-12(15-7)20-10-4-3-8(19-2)5-9(10)16(17)18/h3-6H,1-2H3,(H2,13,14,15). The van der Waals surface area contributed by atoms with Crippen LogP contribution in [-0.4, -0.2) is 22.0 Å². The molecule has 0 radical (unpaired) electrons. The minimum absolute atomic E-state index is 0.0494. The molecule has 0 spiro atoms. The summed E-state index contributed by atoms with van der Waals surface area (Å²) in [6.07, 6.45) is 0. The topological polar surface area (TPSA) is 113 Å². The highest BCUT2D eigenvalue weighted by atomic mass is 16.6. The van der Waals surface area contributed by atoms with Crippen molar-refractivity contribution in [2.24, 2.45) is 0 Å². The van der Waals surface area contributed by atoms with Crippen LogP contribution in [0, 0.1) is 17.0 Å². The SMILES string of the molecule is COc1ccc(Oc2cc(N)nc(C)n2)c([N+](=O)[O-])c1. The van der Waals surface area contributed by atoms with E-state index in [0.29, 0.717) is 11.6 Å². The third kappa shape index (κ3) is 2.91. The number of rotatable bonds is 4. The highest BCUT2D eigenvalue weighted by Crippen LogP contribution is 2.34. The molecule has 0 aliphatic carbocycles. The fraction of sp³-hybridized carbons (Fsp3) is 0.167. The molecule has 1 heterocycles. The lowest BCUT2D eigenvalue weighted by Gasteiger charge is -2.07. The third-order valence-electron chi connectivity index (χ3n) is 2.41. The molecule has 8 nitrogen and oxygen atoms in total. The van der Waals surface area contributed by atoms with E-state index in [9.17, 15) is 10.1 Å². The average Bonchev–Trinajstić information content (AvgIpc) is 2.37. The highest BCUT2D eigenvalue weighted by molar-refractivity contribution is 5.52. The lowest BCUT2D eigenvalue weighted by Crippen LogP contribution is -1.99. The van der Waals surface area contributed by atoms with E-state index in [0.717, 1.165) is 0 Å². The van der Waals surface area contributed by atoms with Gasteiger partial charge in [0.1, 0.15) is 17.4 Å². The molecule has 2 rings (SSSR count). The Labute approximate surface area is 114 Å². The normalized spacial score (nSPS) is 10.1. The Morgan fingerprint density at radius 1 is 1.30 bits per heavy atom. The molecule has 0 bridgehead atoms. The molecule has 104 valence electrons. The first-order valence-corrected chi connectivity index (χ1v) is 5.61. The van der Waals surface area contributed by atoms with E-state index in [1.54, 1.807) is 13.0 Å². The number of ether oxygens (including phenoxy) is 2. The van der Waals surface area contributed by atoms with Crippen molar-refractivity contribution in [3.63, 3.8) is 0 Å². The Morgan fingerprint density at radius 3 is 2.65 bits per heavy atom. The number of anilines is 1. The second-order valence-electron chi connectivity index (χ2n) is 3.87. The summed E-state index contributed by atoms with van der Waals surface area (Å²) in [6.45, 7) is 1.64. The highest BCUT2D eigenvalue weighted by Gasteiger charge is 2.18. The molecule has 1 aromatic heterocycles. The number of nitro groups is 1. The van der Waals surface area contributed by atoms with Crippen LogP contribution in [-0.2, 0) is 0 Å². The van der Waals surface area contributed by atoms with Crippen LogP contribution in [0.15, 0.2) is 24.3 Å². The number of hydrogen-bond donors (Lipinski definition) is 1. The number of nitrogens with zero attached hydrogens (tertiary/aromatic N) is 3. The second-order valence-corrected chi connectivity index (χ2v) is 3.87. The van der Waals surface area contributed by atoms with Gasteiger partial charge in [-0.3, -0.25) is 10.1 Å². The maximum absolute atomic E-state index is 11.0. The van der Waals surface area contributed by atoms with Gasteiger partial charge >= 0.3 is 5.69 Å². The number of aromatic nitrogens is 2. The summed E-state index contributed by atoms with van der Waals surface area (Å²) in [5.41, 5.74) is 5.35. The molecular formula is C12H12N4O4. The van der Waals surface area contributed by atoms with Crippen LogP contribution in [0.2, 0.25) is 0 Å². The van der Waals surface area contributed by atoms with Crippen molar-refractivity contribution in [2.45, 2.75) is 6.92 Å². The van der Waals surface area contributed by atoms with Crippen molar-refractivity contribution in [1.29, 1.82) is 0 Å². The van der Waals surface area contributed by atoms with Crippen molar-refractivity contribution in [3.8, 4) is 17.4 Å². The Hall–Kier alpha value is -2.90. The zero-order chi connectivity index (χ0) is 14.7. The minimum atomic E-state index is -0.560. The number of methoxy groups -OCH3 is 1. The van der Waals surface area contributed by atoms with E-state index in [2.05, 4.69) is 9.97 Å². The van der Waals surface area contributed by atoms with Gasteiger partial charge in [-0.15, -0.1) is 0 Å². The third-order valence-corrected chi connectivity index (χ3v) is 2.41. The van der Waals surface area contributed by atoms with E-state index in [-0.39, 0.29) is 23.1 Å². The molecule has 1 aromatic carbocycles. The lowest BCUT2D eigenvalue weighted by molar-refractivity contribution is -0.385. The Kier molecular flexibility index (Phi) is 3.65. The van der Waals surface area contributed by atoms with Crippen molar-refractivity contribution in [1.82, 2.24) is 9.97 Å². The Morgan fingerprint density at radius 2 is 2.05 bits per heavy atom. The summed E-state index contributed by atoms with van der Waals surface area (Å²) < 4.78 is 10.3. The quantitative estimate of drug-likeness (QED) is 0.671. The maximum atomic E-state index is 11.0. The predicted molar refractivity (Wildman–Crippen MR) is 70.9 cm³/mol. The maximum Gasteiger partial charge on any atom is 0.315 e. The molecule has 0 aliphatic rings. The summed E-state index contributed by atoms with van der Waals surface area (Å²) >= 11 is 0. The fourth-order valence-corrected chi connectivity index (χ4v) is 1.58. The van der Waals surface area contributed by atoms with Gasteiger partial charge in [-0.1, -0.05) is 0 Å². The van der Waals surface area contributed by atoms with Crippen LogP contribution in [0.5, 0.6) is 17.4 Å². The molecule has 20 heavy (non-hydrogen) atoms. The zero-order valence-corrected chi connectivity index (χ0v) is 10.9. The summed E-state index contributed by atoms with van der Waals surface area (Å²) in [6, 6.07) is 5.65. The molecule has 0 unspecified atom stereocenters. The van der Waals surface area contributed by atoms with Crippen molar-refractivity contribution < 1.29 is 14.4 Å². The first-order valence-electron chi connectivity index (χ1n) is 5.61. The van der Waals surface area contributed by atoms with Gasteiger partial charge in [0.05, 0.1) is 18.1 Å². The van der Waals surface area contributed by atoms with Crippen LogP contribution in [0.1, 0.15) is 5.82 Å². The zero-order valence-electron chi connectivity index (χ0n) is 10.9. The number of nitrogens with two attached hydrogens (primary N) is 1. The summed E-state index contributed by atoms with van der Waals surface area (Å²) in [4.78, 5) is 18.4. The minimum Gasteiger partial charge on any atom is -0.496 e. The summed E-state index contributed by atoms with van der Waals surface area (Å²) in [7, 11) is 1.42. The molecule has 0 saturated heterocycles. The van der Waals surface area contributed by atoms with Crippen LogP contribution >= 0.6 is 0 Å². The van der Waals surface area contributed by atoms with E-state index >= 15 is 0 Å². The number of nitro benzene ring substituents is 1. The number of aryl methyl sites for hydroxylation is 1. The lowest BCUT2D eigenvalue weighted by atomic mass is 10.3. The Bertz CT molecular complexity index is 640. The molecule has 0 amide bonds.